The predicted molar refractivity (Wildman–Crippen MR) is 118 cm³/mol. The highest BCUT2D eigenvalue weighted by Gasteiger charge is 2.32. The van der Waals surface area contributed by atoms with Gasteiger partial charge in [-0.1, -0.05) is 0 Å². The number of carbonyl (C=O) groups is 1. The highest BCUT2D eigenvalue weighted by Crippen LogP contribution is 2.37. The van der Waals surface area contributed by atoms with Crippen molar-refractivity contribution in [3.8, 4) is 5.75 Å². The van der Waals surface area contributed by atoms with Crippen molar-refractivity contribution in [1.29, 1.82) is 0 Å². The normalized spacial score (nSPS) is 20.9. The van der Waals surface area contributed by atoms with Gasteiger partial charge < -0.3 is 25.0 Å². The fourth-order valence-corrected chi connectivity index (χ4v) is 4.65. The Morgan fingerprint density at radius 2 is 2.06 bits per heavy atom. The van der Waals surface area contributed by atoms with Crippen LogP contribution in [0.5, 0.6) is 5.75 Å². The topological polar surface area (TPSA) is 95.8 Å². The van der Waals surface area contributed by atoms with Crippen molar-refractivity contribution in [2.45, 2.75) is 57.7 Å². The van der Waals surface area contributed by atoms with Crippen molar-refractivity contribution in [2.24, 2.45) is 0 Å². The third kappa shape index (κ3) is 4.06. The van der Waals surface area contributed by atoms with Crippen LogP contribution < -0.4 is 15.0 Å². The summed E-state index contributed by atoms with van der Waals surface area (Å²) in [5.74, 6) is 1.56. The monoisotopic (exact) mass is 428 g/mol. The van der Waals surface area contributed by atoms with E-state index in [0.29, 0.717) is 13.1 Å². The number of methoxy groups -OCH3 is 1. The summed E-state index contributed by atoms with van der Waals surface area (Å²) in [7, 11) is 5.28. The lowest BCUT2D eigenvalue weighted by Gasteiger charge is -2.30. The van der Waals surface area contributed by atoms with E-state index in [0.717, 1.165) is 60.6 Å². The van der Waals surface area contributed by atoms with Gasteiger partial charge in [-0.3, -0.25) is 9.67 Å². The molecule has 1 fully saturated rings. The van der Waals surface area contributed by atoms with Crippen molar-refractivity contribution < 1.29 is 14.6 Å². The number of hydrogen-bond donors (Lipinski definition) is 2. The van der Waals surface area contributed by atoms with E-state index in [1.165, 1.54) is 5.69 Å². The van der Waals surface area contributed by atoms with Crippen molar-refractivity contribution in [3.63, 3.8) is 0 Å². The second-order valence-electron chi connectivity index (χ2n) is 8.42. The molecule has 0 unspecified atom stereocenters. The summed E-state index contributed by atoms with van der Waals surface area (Å²) in [5.41, 5.74) is 3.98. The zero-order chi connectivity index (χ0) is 22.1. The second kappa shape index (κ2) is 8.74. The minimum atomic E-state index is -0.209. The summed E-state index contributed by atoms with van der Waals surface area (Å²) in [6.07, 6.45) is 5.80. The summed E-state index contributed by atoms with van der Waals surface area (Å²) < 4.78 is 7.62. The van der Waals surface area contributed by atoms with Crippen LogP contribution in [0.4, 0.5) is 16.3 Å². The van der Waals surface area contributed by atoms with E-state index in [1.807, 2.05) is 36.0 Å². The molecule has 0 aromatic carbocycles. The van der Waals surface area contributed by atoms with Crippen LogP contribution in [-0.2, 0) is 13.0 Å². The van der Waals surface area contributed by atoms with E-state index < -0.39 is 0 Å². The number of amides is 2. The van der Waals surface area contributed by atoms with Crippen molar-refractivity contribution in [3.05, 3.63) is 29.2 Å². The zero-order valence-electron chi connectivity index (χ0n) is 18.8. The Bertz CT molecular complexity index is 951. The molecule has 0 spiro atoms. The minimum Gasteiger partial charge on any atom is -0.495 e. The van der Waals surface area contributed by atoms with Crippen LogP contribution in [0.2, 0.25) is 0 Å². The SMILES string of the molecule is CNC(=O)N1CCc2c(c(N(C)c3cnc(C)c(OC)c3)nn2C2CCC(O)CC2)C1. The molecule has 2 aliphatic rings. The molecule has 31 heavy (non-hydrogen) atoms. The zero-order valence-corrected chi connectivity index (χ0v) is 18.8. The number of pyridine rings is 1. The summed E-state index contributed by atoms with van der Waals surface area (Å²) in [6, 6.07) is 2.16. The first-order chi connectivity index (χ1) is 14.9. The Kier molecular flexibility index (Phi) is 6.04. The van der Waals surface area contributed by atoms with E-state index in [9.17, 15) is 9.90 Å². The minimum absolute atomic E-state index is 0.0773. The molecule has 1 aliphatic carbocycles. The number of fused-ring (bicyclic) bond motifs is 1. The van der Waals surface area contributed by atoms with Crippen LogP contribution in [0, 0.1) is 6.92 Å². The summed E-state index contributed by atoms with van der Waals surface area (Å²) in [5, 5.41) is 17.7. The van der Waals surface area contributed by atoms with Crippen LogP contribution in [-0.4, -0.2) is 64.7 Å². The molecule has 2 aromatic rings. The number of aromatic nitrogens is 3. The molecule has 168 valence electrons. The number of rotatable bonds is 4. The highest BCUT2D eigenvalue weighted by molar-refractivity contribution is 5.75. The van der Waals surface area contributed by atoms with Crippen molar-refractivity contribution >= 4 is 17.5 Å². The van der Waals surface area contributed by atoms with Crippen LogP contribution >= 0.6 is 0 Å². The molecule has 9 heteroatoms. The largest absolute Gasteiger partial charge is 0.495 e. The fraction of sp³-hybridized carbons (Fsp3) is 0.591. The fourth-order valence-electron chi connectivity index (χ4n) is 4.65. The first-order valence-corrected chi connectivity index (χ1v) is 10.9. The molecular weight excluding hydrogens is 396 g/mol. The van der Waals surface area contributed by atoms with Gasteiger partial charge in [-0.15, -0.1) is 0 Å². The number of anilines is 2. The molecule has 0 bridgehead atoms. The van der Waals surface area contributed by atoms with E-state index >= 15 is 0 Å². The van der Waals surface area contributed by atoms with Crippen LogP contribution in [0.25, 0.3) is 0 Å². The number of aliphatic hydroxyl groups excluding tert-OH is 1. The van der Waals surface area contributed by atoms with Gasteiger partial charge in [-0.25, -0.2) is 4.79 Å². The van der Waals surface area contributed by atoms with Gasteiger partial charge in [-0.05, 0) is 32.6 Å². The first kappa shape index (κ1) is 21.4. The number of nitrogens with one attached hydrogen (secondary N) is 1. The van der Waals surface area contributed by atoms with Crippen LogP contribution in [0.1, 0.15) is 48.7 Å². The number of nitrogens with zero attached hydrogens (tertiary/aromatic N) is 5. The average Bonchev–Trinajstić information content (AvgIpc) is 3.17. The molecule has 4 rings (SSSR count). The number of ether oxygens (including phenoxy) is 1. The third-order valence-electron chi connectivity index (χ3n) is 6.53. The van der Waals surface area contributed by atoms with Gasteiger partial charge in [0.1, 0.15) is 5.75 Å². The Hall–Kier alpha value is -2.81. The maximum Gasteiger partial charge on any atom is 0.317 e. The Labute approximate surface area is 183 Å². The number of aliphatic hydroxyl groups is 1. The molecule has 2 N–H and O–H groups in total. The van der Waals surface area contributed by atoms with Gasteiger partial charge in [0, 0.05) is 44.4 Å². The predicted octanol–water partition coefficient (Wildman–Crippen LogP) is 2.54. The van der Waals surface area contributed by atoms with Crippen molar-refractivity contribution in [2.75, 3.05) is 32.6 Å². The van der Waals surface area contributed by atoms with Gasteiger partial charge in [0.05, 0.1) is 43.4 Å². The lowest BCUT2D eigenvalue weighted by atomic mass is 9.93. The Morgan fingerprint density at radius 1 is 1.32 bits per heavy atom. The quantitative estimate of drug-likeness (QED) is 0.777. The van der Waals surface area contributed by atoms with Crippen LogP contribution in [0.15, 0.2) is 12.3 Å². The van der Waals surface area contributed by atoms with Gasteiger partial charge in [0.25, 0.3) is 0 Å². The average molecular weight is 429 g/mol. The molecule has 1 saturated carbocycles. The lowest BCUT2D eigenvalue weighted by Crippen LogP contribution is -2.41. The molecule has 0 radical (unpaired) electrons. The van der Waals surface area contributed by atoms with E-state index in [1.54, 1.807) is 14.2 Å². The molecule has 0 saturated heterocycles. The number of aryl methyl sites for hydroxylation is 1. The summed E-state index contributed by atoms with van der Waals surface area (Å²) >= 11 is 0. The van der Waals surface area contributed by atoms with Crippen molar-refractivity contribution in [1.82, 2.24) is 25.0 Å². The highest BCUT2D eigenvalue weighted by atomic mass is 16.5. The molecule has 2 amide bonds. The lowest BCUT2D eigenvalue weighted by molar-refractivity contribution is 0.107. The maximum atomic E-state index is 12.3. The molecular formula is C22H32N6O3. The molecule has 1 aliphatic heterocycles. The number of urea groups is 1. The first-order valence-electron chi connectivity index (χ1n) is 10.9. The Morgan fingerprint density at radius 3 is 2.74 bits per heavy atom. The molecule has 0 atom stereocenters. The Balaban J connectivity index is 1.73. The van der Waals surface area contributed by atoms with E-state index in [2.05, 4.69) is 15.0 Å². The molecule has 2 aromatic heterocycles. The third-order valence-corrected chi connectivity index (χ3v) is 6.53. The number of hydrogen-bond acceptors (Lipinski definition) is 6. The number of carbonyl (C=O) groups excluding carboxylic acids is 1. The smallest absolute Gasteiger partial charge is 0.317 e. The van der Waals surface area contributed by atoms with Gasteiger partial charge >= 0.3 is 6.03 Å². The second-order valence-corrected chi connectivity index (χ2v) is 8.42. The van der Waals surface area contributed by atoms with Gasteiger partial charge in [-0.2, -0.15) is 5.10 Å². The summed E-state index contributed by atoms with van der Waals surface area (Å²) in [4.78, 5) is 20.6. The van der Waals surface area contributed by atoms with E-state index in [-0.39, 0.29) is 18.2 Å². The summed E-state index contributed by atoms with van der Waals surface area (Å²) in [6.45, 7) is 3.09. The van der Waals surface area contributed by atoms with Gasteiger partial charge in [0.2, 0.25) is 0 Å². The van der Waals surface area contributed by atoms with Gasteiger partial charge in [0.15, 0.2) is 5.82 Å². The maximum absolute atomic E-state index is 12.3. The standard InChI is InChI=1S/C22H32N6O3/c1-14-20(31-4)11-16(12-24-14)26(3)21-18-13-27(22(30)23-2)10-9-19(18)28(25-21)15-5-7-17(29)8-6-15/h11-12,15,17,29H,5-10,13H2,1-4H3,(H,23,30). The van der Waals surface area contributed by atoms with Crippen LogP contribution in [0.3, 0.4) is 0 Å². The molecule has 9 nitrogen and oxygen atoms in total. The molecule has 3 heterocycles. The van der Waals surface area contributed by atoms with E-state index in [4.69, 9.17) is 9.84 Å².